The predicted molar refractivity (Wildman–Crippen MR) is 257 cm³/mol. The highest BCUT2D eigenvalue weighted by Crippen LogP contribution is 2.56. The fraction of sp³-hybridized carbons (Fsp3) is 0.0847. The summed E-state index contributed by atoms with van der Waals surface area (Å²) in [6.07, 6.45) is 2.09. The number of anilines is 3. The summed E-state index contributed by atoms with van der Waals surface area (Å²) >= 11 is 0. The van der Waals surface area contributed by atoms with E-state index >= 15 is 0 Å². The van der Waals surface area contributed by atoms with Crippen molar-refractivity contribution in [3.05, 3.63) is 223 Å². The van der Waals surface area contributed by atoms with Crippen molar-refractivity contribution in [1.29, 1.82) is 0 Å². The summed E-state index contributed by atoms with van der Waals surface area (Å²) in [5.74, 6) is 0. The average Bonchev–Trinajstić information content (AvgIpc) is 3.85. The molecule has 0 saturated heterocycles. The summed E-state index contributed by atoms with van der Waals surface area (Å²) in [7, 11) is 0. The van der Waals surface area contributed by atoms with Crippen LogP contribution in [0.3, 0.4) is 0 Å². The first-order chi connectivity index (χ1) is 30.1. The van der Waals surface area contributed by atoms with Crippen LogP contribution in [0.15, 0.2) is 217 Å². The van der Waals surface area contributed by atoms with Crippen LogP contribution < -0.4 is 4.90 Å². The molecule has 0 amide bonds. The van der Waals surface area contributed by atoms with Gasteiger partial charge in [-0.15, -0.1) is 0 Å². The molecule has 0 saturated carbocycles. The van der Waals surface area contributed by atoms with Gasteiger partial charge in [0.2, 0.25) is 0 Å². The summed E-state index contributed by atoms with van der Waals surface area (Å²) in [6.45, 7) is 4.67. The van der Waals surface area contributed by atoms with Crippen molar-refractivity contribution in [2.75, 3.05) is 4.90 Å². The lowest BCUT2D eigenvalue weighted by molar-refractivity contribution is 0.490. The van der Waals surface area contributed by atoms with Crippen molar-refractivity contribution in [2.45, 2.75) is 32.1 Å². The number of hydrogen-bond donors (Lipinski definition) is 0. The third-order valence-electron chi connectivity index (χ3n) is 13.2. The van der Waals surface area contributed by atoms with Gasteiger partial charge in [-0.3, -0.25) is 0 Å². The van der Waals surface area contributed by atoms with Gasteiger partial charge in [-0.25, -0.2) is 0 Å². The normalized spacial score (nSPS) is 12.7. The molecule has 1 aliphatic carbocycles. The van der Waals surface area contributed by atoms with Crippen molar-refractivity contribution in [3.8, 4) is 55.6 Å². The monoisotopic (exact) mass is 783 g/mol. The Kier molecular flexibility index (Phi) is 9.01. The van der Waals surface area contributed by atoms with E-state index in [2.05, 4.69) is 231 Å². The Morgan fingerprint density at radius 1 is 0.377 bits per heavy atom. The molecule has 0 fully saturated rings. The van der Waals surface area contributed by atoms with Crippen LogP contribution in [0.25, 0.3) is 77.6 Å². The number of hydrogen-bond acceptors (Lipinski definition) is 2. The summed E-state index contributed by atoms with van der Waals surface area (Å²) < 4.78 is 6.70. The summed E-state index contributed by atoms with van der Waals surface area (Å²) in [6, 6.07) is 77.2. The third kappa shape index (κ3) is 6.09. The molecule has 0 N–H and O–H groups in total. The molecule has 2 nitrogen and oxygen atoms in total. The lowest BCUT2D eigenvalue weighted by Gasteiger charge is -2.29. The highest BCUT2D eigenvalue weighted by atomic mass is 16.3. The quantitative estimate of drug-likeness (QED) is 0.145. The van der Waals surface area contributed by atoms with Crippen molar-refractivity contribution in [2.24, 2.45) is 0 Å². The van der Waals surface area contributed by atoms with E-state index in [4.69, 9.17) is 4.42 Å². The maximum atomic E-state index is 6.70. The van der Waals surface area contributed by atoms with Gasteiger partial charge in [-0.05, 0) is 128 Å². The first-order valence-corrected chi connectivity index (χ1v) is 21.5. The molecule has 61 heavy (non-hydrogen) atoms. The van der Waals surface area contributed by atoms with E-state index in [0.717, 1.165) is 46.5 Å². The van der Waals surface area contributed by atoms with Crippen LogP contribution in [0.4, 0.5) is 17.1 Å². The highest BCUT2D eigenvalue weighted by Gasteiger charge is 2.41. The van der Waals surface area contributed by atoms with Crippen molar-refractivity contribution in [1.82, 2.24) is 0 Å². The van der Waals surface area contributed by atoms with Crippen LogP contribution in [0.5, 0.6) is 0 Å². The topological polar surface area (TPSA) is 16.4 Å². The highest BCUT2D eigenvalue weighted by molar-refractivity contribution is 6.16. The standard InChI is InChI=1S/C59H45NO/c1-3-59(4-2)53-23-15-14-22-50(53)57-54(59)35-37-56-58(57)52-39-48(33-36-55(52)61-56)60(46-30-28-43(29-31-46)41-18-10-6-11-19-41)47-32-34-49(51(38-47)44-20-12-7-13-21-44)45-26-24-42(25-27-45)40-16-8-5-9-17-40/h5-39H,3-4H2,1-2H3. The molecule has 2 heteroatoms. The fourth-order valence-electron chi connectivity index (χ4n) is 10.1. The Hall–Kier alpha value is -7.42. The van der Waals surface area contributed by atoms with Crippen LogP contribution in [0.1, 0.15) is 37.8 Å². The van der Waals surface area contributed by atoms with Crippen LogP contribution in [0.2, 0.25) is 0 Å². The number of nitrogens with zero attached hydrogens (tertiary/aromatic N) is 1. The van der Waals surface area contributed by atoms with Gasteiger partial charge in [0.1, 0.15) is 11.2 Å². The molecule has 11 rings (SSSR count). The molecule has 0 atom stereocenters. The molecule has 0 aliphatic heterocycles. The molecule has 1 aromatic heterocycles. The van der Waals surface area contributed by atoms with Gasteiger partial charge in [0.25, 0.3) is 0 Å². The molecule has 0 bridgehead atoms. The van der Waals surface area contributed by atoms with Gasteiger partial charge in [0, 0.05) is 33.2 Å². The predicted octanol–water partition coefficient (Wildman–Crippen LogP) is 16.8. The number of furan rings is 1. The van der Waals surface area contributed by atoms with Gasteiger partial charge < -0.3 is 9.32 Å². The van der Waals surface area contributed by atoms with Crippen molar-refractivity contribution >= 4 is 39.0 Å². The largest absolute Gasteiger partial charge is 0.456 e. The smallest absolute Gasteiger partial charge is 0.136 e. The SMILES string of the molecule is CCC1(CC)c2ccccc2-c2c1ccc1oc3ccc(N(c4ccc(-c5ccccc5)cc4)c4ccc(-c5ccc(-c6ccccc6)cc5)c(-c5ccccc5)c4)cc3c21. The van der Waals surface area contributed by atoms with E-state index in [9.17, 15) is 0 Å². The molecule has 10 aromatic rings. The van der Waals surface area contributed by atoms with E-state index in [0.29, 0.717) is 0 Å². The summed E-state index contributed by atoms with van der Waals surface area (Å²) in [4.78, 5) is 2.40. The zero-order chi connectivity index (χ0) is 40.9. The lowest BCUT2D eigenvalue weighted by atomic mass is 9.74. The molecule has 0 radical (unpaired) electrons. The van der Waals surface area contributed by atoms with Crippen molar-refractivity contribution in [3.63, 3.8) is 0 Å². The van der Waals surface area contributed by atoms with Crippen molar-refractivity contribution < 1.29 is 4.42 Å². The minimum absolute atomic E-state index is 0.0225. The molecule has 292 valence electrons. The second kappa shape index (κ2) is 15.0. The van der Waals surface area contributed by atoms with Gasteiger partial charge in [-0.1, -0.05) is 178 Å². The third-order valence-corrected chi connectivity index (χ3v) is 13.2. The molecular formula is C59H45NO. The summed E-state index contributed by atoms with van der Waals surface area (Å²) in [5, 5.41) is 2.33. The van der Waals surface area contributed by atoms with Gasteiger partial charge in [0.05, 0.1) is 0 Å². The van der Waals surface area contributed by atoms with Crippen LogP contribution in [-0.4, -0.2) is 0 Å². The van der Waals surface area contributed by atoms with E-state index in [1.54, 1.807) is 0 Å². The van der Waals surface area contributed by atoms with Crippen LogP contribution in [-0.2, 0) is 5.41 Å². The van der Waals surface area contributed by atoms with E-state index in [1.165, 1.54) is 72.1 Å². The second-order valence-electron chi connectivity index (χ2n) is 16.3. The van der Waals surface area contributed by atoms with Gasteiger partial charge in [0.15, 0.2) is 0 Å². The molecule has 1 heterocycles. The number of rotatable bonds is 9. The van der Waals surface area contributed by atoms with Crippen LogP contribution >= 0.6 is 0 Å². The zero-order valence-electron chi connectivity index (χ0n) is 34.5. The Bertz CT molecular complexity index is 3180. The maximum absolute atomic E-state index is 6.70. The average molecular weight is 784 g/mol. The van der Waals surface area contributed by atoms with Crippen LogP contribution in [0, 0.1) is 0 Å². The molecule has 0 spiro atoms. The minimum Gasteiger partial charge on any atom is -0.456 e. The number of benzene rings is 9. The summed E-state index contributed by atoms with van der Waals surface area (Å²) in [5.41, 5.74) is 20.0. The van der Waals surface area contributed by atoms with Gasteiger partial charge >= 0.3 is 0 Å². The first-order valence-electron chi connectivity index (χ1n) is 21.5. The van der Waals surface area contributed by atoms with E-state index in [-0.39, 0.29) is 5.41 Å². The molecular weight excluding hydrogens is 739 g/mol. The number of fused-ring (bicyclic) bond motifs is 7. The first kappa shape index (κ1) is 36.6. The molecule has 1 aliphatic rings. The van der Waals surface area contributed by atoms with E-state index < -0.39 is 0 Å². The molecule has 9 aromatic carbocycles. The maximum Gasteiger partial charge on any atom is 0.136 e. The Morgan fingerprint density at radius 2 is 0.869 bits per heavy atom. The lowest BCUT2D eigenvalue weighted by Crippen LogP contribution is -2.22. The van der Waals surface area contributed by atoms with Gasteiger partial charge in [-0.2, -0.15) is 0 Å². The Balaban J connectivity index is 1.11. The minimum atomic E-state index is -0.0225. The molecule has 0 unspecified atom stereocenters. The van der Waals surface area contributed by atoms with E-state index in [1.807, 2.05) is 0 Å². The Labute approximate surface area is 358 Å². The Morgan fingerprint density at radius 3 is 1.52 bits per heavy atom. The second-order valence-corrected chi connectivity index (χ2v) is 16.3. The zero-order valence-corrected chi connectivity index (χ0v) is 34.5. The fourth-order valence-corrected chi connectivity index (χ4v) is 10.1.